The number of ether oxygens (including phenoxy) is 1. The molecule has 0 aliphatic carbocycles. The van der Waals surface area contributed by atoms with Gasteiger partial charge in [-0.25, -0.2) is 0 Å². The molecular formula is C12H18ClNO2. The van der Waals surface area contributed by atoms with E-state index in [1.54, 1.807) is 13.2 Å². The molecule has 90 valence electrons. The Kier molecular flexibility index (Phi) is 4.59. The molecule has 0 saturated carbocycles. The van der Waals surface area contributed by atoms with Gasteiger partial charge in [0.25, 0.3) is 0 Å². The van der Waals surface area contributed by atoms with Crippen LogP contribution >= 0.6 is 11.6 Å². The summed E-state index contributed by atoms with van der Waals surface area (Å²) in [5, 5.41) is 10.4. The molecule has 0 saturated heterocycles. The first-order valence-corrected chi connectivity index (χ1v) is 5.64. The Morgan fingerprint density at radius 3 is 2.38 bits per heavy atom. The minimum absolute atomic E-state index is 0.147. The number of benzene rings is 1. The van der Waals surface area contributed by atoms with Crippen LogP contribution in [0.15, 0.2) is 12.1 Å². The lowest BCUT2D eigenvalue weighted by Crippen LogP contribution is -2.13. The first kappa shape index (κ1) is 13.3. The fourth-order valence-electron chi connectivity index (χ4n) is 1.68. The molecule has 1 unspecified atom stereocenters. The molecule has 0 amide bonds. The maximum Gasteiger partial charge on any atom is 0.128 e. The minimum Gasteiger partial charge on any atom is -0.496 e. The number of methoxy groups -OCH3 is 1. The Hall–Kier alpha value is -0.770. The zero-order valence-electron chi connectivity index (χ0n) is 9.83. The van der Waals surface area contributed by atoms with Gasteiger partial charge in [-0.05, 0) is 23.6 Å². The normalized spacial score (nSPS) is 12.9. The molecule has 3 nitrogen and oxygen atoms in total. The molecule has 0 fully saturated rings. The summed E-state index contributed by atoms with van der Waals surface area (Å²) in [6.07, 6.45) is -0.744. The third-order valence-corrected chi connectivity index (χ3v) is 2.74. The molecule has 0 spiro atoms. The van der Waals surface area contributed by atoms with E-state index < -0.39 is 6.10 Å². The van der Waals surface area contributed by atoms with E-state index in [0.717, 1.165) is 5.56 Å². The van der Waals surface area contributed by atoms with Gasteiger partial charge in [0.15, 0.2) is 0 Å². The van der Waals surface area contributed by atoms with Crippen LogP contribution in [0.25, 0.3) is 0 Å². The first-order chi connectivity index (χ1) is 7.51. The number of rotatable bonds is 4. The summed E-state index contributed by atoms with van der Waals surface area (Å²) in [6.45, 7) is 4.24. The van der Waals surface area contributed by atoms with Gasteiger partial charge >= 0.3 is 0 Å². The van der Waals surface area contributed by atoms with E-state index in [1.165, 1.54) is 0 Å². The second-order valence-electron chi connectivity index (χ2n) is 4.02. The molecular weight excluding hydrogens is 226 g/mol. The monoisotopic (exact) mass is 243 g/mol. The van der Waals surface area contributed by atoms with Gasteiger partial charge in [-0.1, -0.05) is 25.4 Å². The quantitative estimate of drug-likeness (QED) is 0.854. The van der Waals surface area contributed by atoms with Crippen LogP contribution in [0, 0.1) is 0 Å². The van der Waals surface area contributed by atoms with Crippen molar-refractivity contribution < 1.29 is 9.84 Å². The highest BCUT2D eigenvalue weighted by Crippen LogP contribution is 2.36. The predicted molar refractivity (Wildman–Crippen MR) is 66.1 cm³/mol. The van der Waals surface area contributed by atoms with Crippen LogP contribution in [0.4, 0.5) is 0 Å². The van der Waals surface area contributed by atoms with E-state index in [2.05, 4.69) is 0 Å². The van der Waals surface area contributed by atoms with Crippen molar-refractivity contribution in [3.8, 4) is 5.75 Å². The highest BCUT2D eigenvalue weighted by Gasteiger charge is 2.18. The first-order valence-electron chi connectivity index (χ1n) is 5.26. The second-order valence-corrected chi connectivity index (χ2v) is 4.46. The van der Waals surface area contributed by atoms with Crippen molar-refractivity contribution in [3.63, 3.8) is 0 Å². The second kappa shape index (κ2) is 5.53. The Balaban J connectivity index is 3.35. The summed E-state index contributed by atoms with van der Waals surface area (Å²) in [5.74, 6) is 0.953. The topological polar surface area (TPSA) is 55.5 Å². The summed E-state index contributed by atoms with van der Waals surface area (Å²) in [4.78, 5) is 0. The molecule has 1 atom stereocenters. The van der Waals surface area contributed by atoms with Gasteiger partial charge in [0.1, 0.15) is 5.75 Å². The zero-order chi connectivity index (χ0) is 12.3. The molecule has 1 aromatic carbocycles. The van der Waals surface area contributed by atoms with Crippen LogP contribution < -0.4 is 10.5 Å². The summed E-state index contributed by atoms with van der Waals surface area (Å²) in [6, 6.07) is 3.56. The van der Waals surface area contributed by atoms with Crippen LogP contribution in [-0.2, 0) is 0 Å². The summed E-state index contributed by atoms with van der Waals surface area (Å²) >= 11 is 6.02. The molecule has 1 aromatic rings. The standard InChI is InChI=1S/C12H18ClNO2/c1-7(2)9-4-8(13)5-10(11(15)6-14)12(9)16-3/h4-5,7,11,15H,6,14H2,1-3H3. The molecule has 0 aliphatic rings. The number of aliphatic hydroxyl groups is 1. The van der Waals surface area contributed by atoms with E-state index in [0.29, 0.717) is 16.3 Å². The fraction of sp³-hybridized carbons (Fsp3) is 0.500. The smallest absolute Gasteiger partial charge is 0.128 e. The van der Waals surface area contributed by atoms with Gasteiger partial charge in [-0.15, -0.1) is 0 Å². The van der Waals surface area contributed by atoms with Crippen LogP contribution in [-0.4, -0.2) is 18.8 Å². The third-order valence-electron chi connectivity index (χ3n) is 2.52. The van der Waals surface area contributed by atoms with E-state index in [1.807, 2.05) is 19.9 Å². The fourth-order valence-corrected chi connectivity index (χ4v) is 1.91. The van der Waals surface area contributed by atoms with Crippen molar-refractivity contribution in [1.82, 2.24) is 0 Å². The molecule has 0 bridgehead atoms. The van der Waals surface area contributed by atoms with Gasteiger partial charge in [0, 0.05) is 17.1 Å². The number of hydrogen-bond donors (Lipinski definition) is 2. The third kappa shape index (κ3) is 2.67. The van der Waals surface area contributed by atoms with Gasteiger partial charge in [0.2, 0.25) is 0 Å². The average Bonchev–Trinajstić information content (AvgIpc) is 2.26. The van der Waals surface area contributed by atoms with Crippen LogP contribution in [0.1, 0.15) is 37.0 Å². The predicted octanol–water partition coefficient (Wildman–Crippen LogP) is 2.46. The summed E-state index contributed by atoms with van der Waals surface area (Å²) < 4.78 is 5.34. The molecule has 0 aromatic heterocycles. The minimum atomic E-state index is -0.744. The van der Waals surface area contributed by atoms with Crippen molar-refractivity contribution in [1.29, 1.82) is 0 Å². The number of hydrogen-bond acceptors (Lipinski definition) is 3. The van der Waals surface area contributed by atoms with Gasteiger partial charge in [0.05, 0.1) is 13.2 Å². The van der Waals surface area contributed by atoms with E-state index in [4.69, 9.17) is 22.1 Å². The van der Waals surface area contributed by atoms with Crippen LogP contribution in [0.2, 0.25) is 5.02 Å². The van der Waals surface area contributed by atoms with Crippen molar-refractivity contribution in [2.45, 2.75) is 25.9 Å². The lowest BCUT2D eigenvalue weighted by molar-refractivity contribution is 0.182. The Morgan fingerprint density at radius 1 is 1.38 bits per heavy atom. The van der Waals surface area contributed by atoms with E-state index in [-0.39, 0.29) is 12.5 Å². The van der Waals surface area contributed by atoms with Crippen molar-refractivity contribution in [2.75, 3.05) is 13.7 Å². The van der Waals surface area contributed by atoms with Gasteiger partial charge in [-0.3, -0.25) is 0 Å². The number of aliphatic hydroxyl groups excluding tert-OH is 1. The van der Waals surface area contributed by atoms with E-state index in [9.17, 15) is 5.11 Å². The van der Waals surface area contributed by atoms with Crippen LogP contribution in [0.5, 0.6) is 5.75 Å². The SMILES string of the molecule is COc1c(C(C)C)cc(Cl)cc1C(O)CN. The van der Waals surface area contributed by atoms with Crippen molar-refractivity contribution in [2.24, 2.45) is 5.73 Å². The Bertz CT molecular complexity index is 366. The highest BCUT2D eigenvalue weighted by atomic mass is 35.5. The number of nitrogens with two attached hydrogens (primary N) is 1. The zero-order valence-corrected chi connectivity index (χ0v) is 10.6. The summed E-state index contributed by atoms with van der Waals surface area (Å²) in [5.41, 5.74) is 7.09. The molecule has 0 aliphatic heterocycles. The molecule has 1 rings (SSSR count). The van der Waals surface area contributed by atoms with Crippen molar-refractivity contribution in [3.05, 3.63) is 28.3 Å². The maximum atomic E-state index is 9.81. The van der Waals surface area contributed by atoms with E-state index >= 15 is 0 Å². The van der Waals surface area contributed by atoms with Crippen molar-refractivity contribution >= 4 is 11.6 Å². The molecule has 0 heterocycles. The molecule has 0 radical (unpaired) electrons. The highest BCUT2D eigenvalue weighted by molar-refractivity contribution is 6.30. The molecule has 3 N–H and O–H groups in total. The molecule has 16 heavy (non-hydrogen) atoms. The Labute approximate surface area is 101 Å². The Morgan fingerprint density at radius 2 is 1.94 bits per heavy atom. The molecule has 4 heteroatoms. The maximum absolute atomic E-state index is 9.81. The van der Waals surface area contributed by atoms with Gasteiger partial charge in [-0.2, -0.15) is 0 Å². The van der Waals surface area contributed by atoms with Gasteiger partial charge < -0.3 is 15.6 Å². The van der Waals surface area contributed by atoms with Crippen LogP contribution in [0.3, 0.4) is 0 Å². The summed E-state index contributed by atoms with van der Waals surface area (Å²) in [7, 11) is 1.59. The average molecular weight is 244 g/mol. The largest absolute Gasteiger partial charge is 0.496 e. The lowest BCUT2D eigenvalue weighted by Gasteiger charge is -2.19. The lowest BCUT2D eigenvalue weighted by atomic mass is 9.96. The number of halogens is 1.